The van der Waals surface area contributed by atoms with E-state index in [0.29, 0.717) is 13.0 Å². The minimum Gasteiger partial charge on any atom is -0.376 e. The van der Waals surface area contributed by atoms with Gasteiger partial charge in [-0.15, -0.1) is 0 Å². The molecule has 0 aromatic carbocycles. The van der Waals surface area contributed by atoms with E-state index in [4.69, 9.17) is 4.74 Å². The Morgan fingerprint density at radius 1 is 1.25 bits per heavy atom. The van der Waals surface area contributed by atoms with Crippen molar-refractivity contribution in [3.63, 3.8) is 0 Å². The van der Waals surface area contributed by atoms with Crippen LogP contribution in [0.3, 0.4) is 0 Å². The van der Waals surface area contributed by atoms with Crippen molar-refractivity contribution in [3.05, 3.63) is 0 Å². The molecular formula is C18H31N3O3. The number of nitrogens with zero attached hydrogens (tertiary/aromatic N) is 2. The van der Waals surface area contributed by atoms with E-state index in [9.17, 15) is 9.59 Å². The van der Waals surface area contributed by atoms with Crippen molar-refractivity contribution in [2.45, 2.75) is 70.1 Å². The van der Waals surface area contributed by atoms with Crippen LogP contribution in [0.5, 0.6) is 0 Å². The lowest BCUT2D eigenvalue weighted by atomic mass is 9.86. The van der Waals surface area contributed by atoms with Crippen LogP contribution in [0.1, 0.15) is 51.9 Å². The first kappa shape index (κ1) is 17.5. The zero-order valence-electron chi connectivity index (χ0n) is 15.0. The first-order valence-corrected chi connectivity index (χ1v) is 9.48. The van der Waals surface area contributed by atoms with Gasteiger partial charge in [0.05, 0.1) is 6.10 Å². The molecule has 24 heavy (non-hydrogen) atoms. The zero-order valence-corrected chi connectivity index (χ0v) is 15.0. The fourth-order valence-electron chi connectivity index (χ4n) is 4.15. The summed E-state index contributed by atoms with van der Waals surface area (Å²) in [4.78, 5) is 28.7. The molecule has 1 saturated carbocycles. The van der Waals surface area contributed by atoms with Gasteiger partial charge in [0, 0.05) is 32.8 Å². The van der Waals surface area contributed by atoms with E-state index in [1.54, 1.807) is 11.9 Å². The van der Waals surface area contributed by atoms with Gasteiger partial charge in [-0.2, -0.15) is 0 Å². The van der Waals surface area contributed by atoms with E-state index < -0.39 is 0 Å². The molecule has 6 heteroatoms. The van der Waals surface area contributed by atoms with Crippen molar-refractivity contribution in [1.29, 1.82) is 0 Å². The van der Waals surface area contributed by atoms with Crippen LogP contribution in [-0.4, -0.2) is 66.7 Å². The Morgan fingerprint density at radius 2 is 2.00 bits per heavy atom. The van der Waals surface area contributed by atoms with E-state index in [0.717, 1.165) is 44.8 Å². The molecule has 136 valence electrons. The third-order valence-electron chi connectivity index (χ3n) is 5.84. The van der Waals surface area contributed by atoms with Crippen LogP contribution >= 0.6 is 0 Å². The Labute approximate surface area is 144 Å². The van der Waals surface area contributed by atoms with Crippen LogP contribution in [0.25, 0.3) is 0 Å². The molecule has 0 aromatic rings. The fourth-order valence-corrected chi connectivity index (χ4v) is 4.15. The Hall–Kier alpha value is -1.30. The molecule has 0 spiro atoms. The van der Waals surface area contributed by atoms with Gasteiger partial charge in [-0.25, -0.2) is 4.79 Å². The summed E-state index contributed by atoms with van der Waals surface area (Å²) >= 11 is 0. The highest BCUT2D eigenvalue weighted by molar-refractivity contribution is 5.88. The molecular weight excluding hydrogens is 306 g/mol. The Bertz CT molecular complexity index is 456. The van der Waals surface area contributed by atoms with Crippen LogP contribution in [-0.2, 0) is 9.53 Å². The molecule has 2 atom stereocenters. The number of hydrogen-bond donors (Lipinski definition) is 1. The standard InChI is InChI=1S/C18H31N3O3/c1-13-5-7-14(8-6-13)21(12-15-4-3-11-24-15)18(23)19-16-9-10-20(2)17(16)22/h13-16H,3-12H2,1-2H3,(H,19,23)/t13?,14?,15-,16-/m0/s1. The first-order valence-electron chi connectivity index (χ1n) is 9.48. The van der Waals surface area contributed by atoms with Crippen molar-refractivity contribution in [2.24, 2.45) is 5.92 Å². The van der Waals surface area contributed by atoms with Crippen molar-refractivity contribution in [1.82, 2.24) is 15.1 Å². The molecule has 1 aliphatic carbocycles. The highest BCUT2D eigenvalue weighted by atomic mass is 16.5. The third kappa shape index (κ3) is 4.02. The first-order chi connectivity index (χ1) is 11.5. The lowest BCUT2D eigenvalue weighted by molar-refractivity contribution is -0.128. The van der Waals surface area contributed by atoms with Gasteiger partial charge in [0.25, 0.3) is 0 Å². The number of likely N-dealkylation sites (tertiary alicyclic amines) is 1. The van der Waals surface area contributed by atoms with Crippen LogP contribution in [0.4, 0.5) is 4.79 Å². The fraction of sp³-hybridized carbons (Fsp3) is 0.889. The summed E-state index contributed by atoms with van der Waals surface area (Å²) in [6.07, 6.45) is 7.41. The molecule has 6 nitrogen and oxygen atoms in total. The number of amides is 3. The molecule has 0 bridgehead atoms. The second kappa shape index (κ2) is 7.72. The van der Waals surface area contributed by atoms with Crippen molar-refractivity contribution < 1.29 is 14.3 Å². The van der Waals surface area contributed by atoms with Gasteiger partial charge in [-0.3, -0.25) is 4.79 Å². The van der Waals surface area contributed by atoms with Gasteiger partial charge in [-0.1, -0.05) is 6.92 Å². The third-order valence-corrected chi connectivity index (χ3v) is 5.84. The van der Waals surface area contributed by atoms with Gasteiger partial charge < -0.3 is 19.9 Å². The van der Waals surface area contributed by atoms with Crippen LogP contribution in [0.15, 0.2) is 0 Å². The summed E-state index contributed by atoms with van der Waals surface area (Å²) in [6.45, 7) is 4.46. The summed E-state index contributed by atoms with van der Waals surface area (Å²) in [5.74, 6) is 0.775. The number of carbonyl (C=O) groups excluding carboxylic acids is 2. The number of rotatable bonds is 4. The predicted octanol–water partition coefficient (Wildman–Crippen LogP) is 1.99. The largest absolute Gasteiger partial charge is 0.376 e. The number of ether oxygens (including phenoxy) is 1. The van der Waals surface area contributed by atoms with Gasteiger partial charge >= 0.3 is 6.03 Å². The van der Waals surface area contributed by atoms with Crippen molar-refractivity contribution in [2.75, 3.05) is 26.7 Å². The number of carbonyl (C=O) groups is 2. The topological polar surface area (TPSA) is 61.9 Å². The SMILES string of the molecule is CC1CCC(N(C[C@@H]2CCCO2)C(=O)N[C@H]2CCN(C)C2=O)CC1. The molecule has 3 fully saturated rings. The Kier molecular flexibility index (Phi) is 5.64. The normalized spacial score (nSPS) is 33.8. The van der Waals surface area contributed by atoms with E-state index in [2.05, 4.69) is 12.2 Å². The minimum absolute atomic E-state index is 0.0256. The number of urea groups is 1. The summed E-state index contributed by atoms with van der Waals surface area (Å²) in [7, 11) is 1.79. The molecule has 0 unspecified atom stereocenters. The lowest BCUT2D eigenvalue weighted by Gasteiger charge is -2.37. The van der Waals surface area contributed by atoms with Crippen molar-refractivity contribution >= 4 is 11.9 Å². The molecule has 2 aliphatic heterocycles. The van der Waals surface area contributed by atoms with Crippen LogP contribution < -0.4 is 5.32 Å². The molecule has 3 amide bonds. The second-order valence-electron chi connectivity index (χ2n) is 7.75. The van der Waals surface area contributed by atoms with Gasteiger partial charge in [0.2, 0.25) is 5.91 Å². The maximum atomic E-state index is 12.9. The molecule has 0 radical (unpaired) electrons. The molecule has 3 rings (SSSR count). The minimum atomic E-state index is -0.364. The van der Waals surface area contributed by atoms with Crippen molar-refractivity contribution in [3.8, 4) is 0 Å². The lowest BCUT2D eigenvalue weighted by Crippen LogP contribution is -2.53. The number of likely N-dealkylation sites (N-methyl/N-ethyl adjacent to an activating group) is 1. The Morgan fingerprint density at radius 3 is 2.58 bits per heavy atom. The molecule has 2 saturated heterocycles. The zero-order chi connectivity index (χ0) is 17.1. The molecule has 1 N–H and O–H groups in total. The van der Waals surface area contributed by atoms with Crippen LogP contribution in [0.2, 0.25) is 0 Å². The average Bonchev–Trinajstić information content (AvgIpc) is 3.19. The highest BCUT2D eigenvalue weighted by Crippen LogP contribution is 2.28. The molecule has 3 aliphatic rings. The molecule has 2 heterocycles. The quantitative estimate of drug-likeness (QED) is 0.853. The van der Waals surface area contributed by atoms with E-state index in [1.165, 1.54) is 12.8 Å². The summed E-state index contributed by atoms with van der Waals surface area (Å²) in [5, 5.41) is 2.98. The van der Waals surface area contributed by atoms with Gasteiger partial charge in [0.15, 0.2) is 0 Å². The summed E-state index contributed by atoms with van der Waals surface area (Å²) in [6, 6.07) is -0.171. The van der Waals surface area contributed by atoms with E-state index >= 15 is 0 Å². The summed E-state index contributed by atoms with van der Waals surface area (Å²) < 4.78 is 5.76. The number of hydrogen-bond acceptors (Lipinski definition) is 3. The monoisotopic (exact) mass is 337 g/mol. The Balaban J connectivity index is 1.63. The maximum absolute atomic E-state index is 12.9. The predicted molar refractivity (Wildman–Crippen MR) is 91.7 cm³/mol. The second-order valence-corrected chi connectivity index (χ2v) is 7.75. The van der Waals surface area contributed by atoms with E-state index in [1.807, 2.05) is 4.90 Å². The maximum Gasteiger partial charge on any atom is 0.318 e. The van der Waals surface area contributed by atoms with Gasteiger partial charge in [-0.05, 0) is 50.9 Å². The smallest absolute Gasteiger partial charge is 0.318 e. The molecule has 0 aromatic heterocycles. The van der Waals surface area contributed by atoms with E-state index in [-0.39, 0.29) is 30.1 Å². The average molecular weight is 337 g/mol. The number of nitrogens with one attached hydrogen (secondary N) is 1. The van der Waals surface area contributed by atoms with Crippen LogP contribution in [0, 0.1) is 5.92 Å². The van der Waals surface area contributed by atoms with Gasteiger partial charge in [0.1, 0.15) is 6.04 Å². The summed E-state index contributed by atoms with van der Waals surface area (Å²) in [5.41, 5.74) is 0. The highest BCUT2D eigenvalue weighted by Gasteiger charge is 2.35.